The van der Waals surface area contributed by atoms with Crippen LogP contribution in [-0.2, 0) is 7.05 Å². The Labute approximate surface area is 130 Å². The molecule has 0 spiro atoms. The fraction of sp³-hybridized carbons (Fsp3) is 0.667. The highest BCUT2D eigenvalue weighted by Gasteiger charge is 2.17. The molecule has 22 heavy (non-hydrogen) atoms. The van der Waals surface area contributed by atoms with Crippen molar-refractivity contribution in [3.63, 3.8) is 0 Å². The zero-order valence-electron chi connectivity index (χ0n) is 13.1. The van der Waals surface area contributed by atoms with Crippen molar-refractivity contribution < 1.29 is 5.11 Å². The average molecular weight is 304 g/mol. The van der Waals surface area contributed by atoms with Crippen molar-refractivity contribution in [1.82, 2.24) is 19.7 Å². The number of aryl methyl sites for hydroxylation is 1. The van der Waals surface area contributed by atoms with E-state index in [2.05, 4.69) is 15.3 Å². The molecule has 3 rings (SSSR count). The molecule has 1 aliphatic rings. The normalized spacial score (nSPS) is 16.0. The minimum absolute atomic E-state index is 0.174. The largest absolute Gasteiger partial charge is 0.396 e. The zero-order chi connectivity index (χ0) is 15.4. The number of fused-ring (bicyclic) bond motifs is 1. The first-order valence-electron chi connectivity index (χ1n) is 8.09. The lowest BCUT2D eigenvalue weighted by Gasteiger charge is -2.21. The Balaban J connectivity index is 1.93. The van der Waals surface area contributed by atoms with Gasteiger partial charge in [-0.25, -0.2) is 0 Å². The first-order valence-corrected chi connectivity index (χ1v) is 8.09. The number of hydrogen-bond acceptors (Lipinski definition) is 6. The second-order valence-electron chi connectivity index (χ2n) is 5.78. The van der Waals surface area contributed by atoms with Gasteiger partial charge in [0.1, 0.15) is 5.82 Å². The van der Waals surface area contributed by atoms with Gasteiger partial charge >= 0.3 is 0 Å². The van der Waals surface area contributed by atoms with Crippen LogP contribution in [0.2, 0.25) is 0 Å². The van der Waals surface area contributed by atoms with Gasteiger partial charge in [0.15, 0.2) is 5.65 Å². The van der Waals surface area contributed by atoms with Gasteiger partial charge in [-0.3, -0.25) is 4.68 Å². The van der Waals surface area contributed by atoms with Crippen molar-refractivity contribution in [2.45, 2.75) is 32.1 Å². The topological polar surface area (TPSA) is 79.1 Å². The molecule has 0 unspecified atom stereocenters. The quantitative estimate of drug-likeness (QED) is 0.816. The van der Waals surface area contributed by atoms with Crippen LogP contribution in [0.3, 0.4) is 0 Å². The number of aliphatic hydroxyl groups excluding tert-OH is 1. The summed E-state index contributed by atoms with van der Waals surface area (Å²) in [4.78, 5) is 11.7. The number of aliphatic hydroxyl groups is 1. The lowest BCUT2D eigenvalue weighted by Crippen LogP contribution is -2.26. The third kappa shape index (κ3) is 3.14. The summed E-state index contributed by atoms with van der Waals surface area (Å²) in [5, 5.41) is 17.5. The fourth-order valence-corrected chi connectivity index (χ4v) is 2.84. The second-order valence-corrected chi connectivity index (χ2v) is 5.78. The summed E-state index contributed by atoms with van der Waals surface area (Å²) in [6, 6.07) is 0. The molecule has 0 aliphatic carbocycles. The van der Waals surface area contributed by atoms with Gasteiger partial charge in [-0.1, -0.05) is 12.8 Å². The molecule has 1 fully saturated rings. The molecule has 3 heterocycles. The van der Waals surface area contributed by atoms with Crippen LogP contribution in [0.15, 0.2) is 6.20 Å². The van der Waals surface area contributed by atoms with E-state index >= 15 is 0 Å². The Bertz CT molecular complexity index is 618. The van der Waals surface area contributed by atoms with Gasteiger partial charge in [0.2, 0.25) is 5.95 Å². The van der Waals surface area contributed by atoms with E-state index in [9.17, 15) is 0 Å². The molecule has 0 aromatic carbocycles. The second kappa shape index (κ2) is 6.91. The van der Waals surface area contributed by atoms with Crippen LogP contribution in [0.5, 0.6) is 0 Å². The molecule has 1 aliphatic heterocycles. The van der Waals surface area contributed by atoms with Crippen molar-refractivity contribution >= 4 is 22.8 Å². The van der Waals surface area contributed by atoms with Crippen molar-refractivity contribution in [1.29, 1.82) is 0 Å². The first kappa shape index (κ1) is 15.0. The van der Waals surface area contributed by atoms with Crippen molar-refractivity contribution in [2.75, 3.05) is 36.5 Å². The predicted octanol–water partition coefficient (Wildman–Crippen LogP) is 1.54. The lowest BCUT2D eigenvalue weighted by molar-refractivity contribution is 0.292. The average Bonchev–Trinajstić information content (AvgIpc) is 2.76. The summed E-state index contributed by atoms with van der Waals surface area (Å²) in [5.41, 5.74) is 0.848. The molecule has 0 amide bonds. The summed E-state index contributed by atoms with van der Waals surface area (Å²) in [7, 11) is 1.90. The SMILES string of the molecule is Cn1ncc2c(NCCCO)nc(N3CCCCCC3)nc21. The summed E-state index contributed by atoms with van der Waals surface area (Å²) < 4.78 is 1.79. The minimum atomic E-state index is 0.174. The number of aromatic nitrogens is 4. The number of anilines is 2. The molecule has 0 saturated carbocycles. The Morgan fingerprint density at radius 3 is 2.68 bits per heavy atom. The fourth-order valence-electron chi connectivity index (χ4n) is 2.84. The highest BCUT2D eigenvalue weighted by Crippen LogP contribution is 2.24. The van der Waals surface area contributed by atoms with Crippen LogP contribution in [0.25, 0.3) is 11.0 Å². The highest BCUT2D eigenvalue weighted by atomic mass is 16.3. The van der Waals surface area contributed by atoms with Gasteiger partial charge in [0, 0.05) is 33.3 Å². The smallest absolute Gasteiger partial charge is 0.229 e. The molecule has 120 valence electrons. The van der Waals surface area contributed by atoms with Crippen LogP contribution >= 0.6 is 0 Å². The summed E-state index contributed by atoms with van der Waals surface area (Å²) in [6.45, 7) is 2.89. The Hall–Kier alpha value is -1.89. The Morgan fingerprint density at radius 2 is 1.95 bits per heavy atom. The van der Waals surface area contributed by atoms with E-state index in [1.165, 1.54) is 25.7 Å². The molecule has 2 aromatic heterocycles. The third-order valence-electron chi connectivity index (χ3n) is 4.10. The molecule has 0 atom stereocenters. The van der Waals surface area contributed by atoms with Gasteiger partial charge in [0.05, 0.1) is 11.6 Å². The molecule has 0 radical (unpaired) electrons. The third-order valence-corrected chi connectivity index (χ3v) is 4.10. The van der Waals surface area contributed by atoms with Gasteiger partial charge in [-0.15, -0.1) is 0 Å². The molecule has 7 nitrogen and oxygen atoms in total. The first-order chi connectivity index (χ1) is 10.8. The molecule has 2 N–H and O–H groups in total. The van der Waals surface area contributed by atoms with Crippen LogP contribution < -0.4 is 10.2 Å². The molecular formula is C15H24N6O. The minimum Gasteiger partial charge on any atom is -0.396 e. The van der Waals surface area contributed by atoms with E-state index in [0.29, 0.717) is 13.0 Å². The molecule has 7 heteroatoms. The van der Waals surface area contributed by atoms with Gasteiger partial charge in [-0.2, -0.15) is 15.1 Å². The monoisotopic (exact) mass is 304 g/mol. The number of nitrogens with one attached hydrogen (secondary N) is 1. The van der Waals surface area contributed by atoms with E-state index in [1.807, 2.05) is 7.05 Å². The van der Waals surface area contributed by atoms with Gasteiger partial charge < -0.3 is 15.3 Å². The van der Waals surface area contributed by atoms with E-state index in [4.69, 9.17) is 15.1 Å². The highest BCUT2D eigenvalue weighted by molar-refractivity contribution is 5.87. The summed E-state index contributed by atoms with van der Waals surface area (Å²) >= 11 is 0. The van der Waals surface area contributed by atoms with E-state index in [-0.39, 0.29) is 6.61 Å². The predicted molar refractivity (Wildman–Crippen MR) is 87.2 cm³/mol. The van der Waals surface area contributed by atoms with Crippen LogP contribution in [-0.4, -0.2) is 51.1 Å². The number of nitrogens with zero attached hydrogens (tertiary/aromatic N) is 5. The standard InChI is InChI=1S/C15H24N6O/c1-20-14-12(11-17-20)13(16-7-6-10-22)18-15(19-14)21-8-4-2-3-5-9-21/h11,22H,2-10H2,1H3,(H,16,18,19). The summed E-state index contributed by atoms with van der Waals surface area (Å²) in [5.74, 6) is 1.59. The van der Waals surface area contributed by atoms with Crippen molar-refractivity contribution in [2.24, 2.45) is 7.05 Å². The molecule has 2 aromatic rings. The maximum absolute atomic E-state index is 8.95. The van der Waals surface area contributed by atoms with Crippen LogP contribution in [0, 0.1) is 0 Å². The number of rotatable bonds is 5. The van der Waals surface area contributed by atoms with Gasteiger partial charge in [0.25, 0.3) is 0 Å². The lowest BCUT2D eigenvalue weighted by atomic mass is 10.2. The maximum atomic E-state index is 8.95. The van der Waals surface area contributed by atoms with Crippen LogP contribution in [0.4, 0.5) is 11.8 Å². The van der Waals surface area contributed by atoms with Crippen molar-refractivity contribution in [3.8, 4) is 0 Å². The molecular weight excluding hydrogens is 280 g/mol. The van der Waals surface area contributed by atoms with E-state index < -0.39 is 0 Å². The van der Waals surface area contributed by atoms with E-state index in [1.54, 1.807) is 10.9 Å². The Kier molecular flexibility index (Phi) is 4.72. The van der Waals surface area contributed by atoms with Crippen LogP contribution in [0.1, 0.15) is 32.1 Å². The zero-order valence-corrected chi connectivity index (χ0v) is 13.1. The van der Waals surface area contributed by atoms with Crippen molar-refractivity contribution in [3.05, 3.63) is 6.20 Å². The van der Waals surface area contributed by atoms with E-state index in [0.717, 1.165) is 35.9 Å². The molecule has 1 saturated heterocycles. The summed E-state index contributed by atoms with van der Waals surface area (Å²) in [6.07, 6.45) is 7.45. The Morgan fingerprint density at radius 1 is 1.18 bits per heavy atom. The van der Waals surface area contributed by atoms with Gasteiger partial charge in [-0.05, 0) is 19.3 Å². The maximum Gasteiger partial charge on any atom is 0.229 e. The number of hydrogen-bond donors (Lipinski definition) is 2. The molecule has 0 bridgehead atoms.